The van der Waals surface area contributed by atoms with Crippen molar-refractivity contribution in [2.24, 2.45) is 0 Å². The minimum Gasteiger partial charge on any atom is -0.444 e. The second-order valence-corrected chi connectivity index (χ2v) is 9.26. The average Bonchev–Trinajstić information content (AvgIpc) is 2.67. The highest BCUT2D eigenvalue weighted by Crippen LogP contribution is 2.25. The zero-order valence-corrected chi connectivity index (χ0v) is 20.8. The van der Waals surface area contributed by atoms with Crippen LogP contribution in [-0.4, -0.2) is 48.0 Å². The van der Waals surface area contributed by atoms with Crippen molar-refractivity contribution in [3.8, 4) is 0 Å². The van der Waals surface area contributed by atoms with Gasteiger partial charge in [-0.25, -0.2) is 4.79 Å². The van der Waals surface area contributed by atoms with Crippen LogP contribution in [0.25, 0.3) is 0 Å². The minimum absolute atomic E-state index is 0.204. The molecule has 1 atom stereocenters. The smallest absolute Gasteiger partial charge is 0.408 e. The first kappa shape index (κ1) is 27.5. The molecule has 0 fully saturated rings. The second-order valence-electron chi connectivity index (χ2n) is 9.26. The summed E-state index contributed by atoms with van der Waals surface area (Å²) in [7, 11) is 0. The number of carbonyl (C=O) groups excluding carboxylic acids is 3. The summed E-state index contributed by atoms with van der Waals surface area (Å²) in [6.45, 7) is 14.1. The van der Waals surface area contributed by atoms with Gasteiger partial charge >= 0.3 is 6.09 Å². The Hall–Kier alpha value is -2.57. The predicted molar refractivity (Wildman–Crippen MR) is 127 cm³/mol. The Morgan fingerprint density at radius 2 is 1.56 bits per heavy atom. The number of amides is 3. The average molecular weight is 448 g/mol. The summed E-state index contributed by atoms with van der Waals surface area (Å²) in [4.78, 5) is 40.1. The van der Waals surface area contributed by atoms with Gasteiger partial charge in [0.1, 0.15) is 18.2 Å². The van der Waals surface area contributed by atoms with E-state index in [0.717, 1.165) is 42.4 Å². The molecule has 1 aromatic carbocycles. The Balaban J connectivity index is 3.19. The second kappa shape index (κ2) is 13.1. The third-order valence-corrected chi connectivity index (χ3v) is 4.81. The third kappa shape index (κ3) is 9.71. The van der Waals surface area contributed by atoms with Gasteiger partial charge in [-0.05, 0) is 53.0 Å². The lowest BCUT2D eigenvalue weighted by Gasteiger charge is -2.32. The molecular formula is C25H41N3O4. The molecule has 0 saturated heterocycles. The van der Waals surface area contributed by atoms with Crippen LogP contribution in [0, 0.1) is 13.8 Å². The van der Waals surface area contributed by atoms with Crippen molar-refractivity contribution in [3.05, 3.63) is 34.9 Å². The number of carbonyl (C=O) groups is 3. The maximum Gasteiger partial charge on any atom is 0.408 e. The van der Waals surface area contributed by atoms with Crippen molar-refractivity contribution < 1.29 is 19.1 Å². The standard InChI is InChI=1S/C25H41N3O4/c1-8-10-12-26-23(30)22(20-15-18(3)14-19(4)16-20)28(13-11-9-2)21(29)17-27-24(31)32-25(5,6)7/h14-16,22H,8-13,17H2,1-7H3,(H,26,30)(H,27,31). The van der Waals surface area contributed by atoms with Crippen LogP contribution in [0.2, 0.25) is 0 Å². The Morgan fingerprint density at radius 3 is 2.09 bits per heavy atom. The van der Waals surface area contributed by atoms with E-state index in [1.807, 2.05) is 39.0 Å². The number of nitrogens with one attached hydrogen (secondary N) is 2. The quantitative estimate of drug-likeness (QED) is 0.492. The van der Waals surface area contributed by atoms with E-state index in [-0.39, 0.29) is 18.4 Å². The van der Waals surface area contributed by atoms with Gasteiger partial charge in [0.15, 0.2) is 0 Å². The Morgan fingerprint density at radius 1 is 0.969 bits per heavy atom. The molecule has 3 amide bonds. The Labute approximate surface area is 193 Å². The molecule has 0 aliphatic carbocycles. The maximum absolute atomic E-state index is 13.3. The van der Waals surface area contributed by atoms with Crippen molar-refractivity contribution in [1.29, 1.82) is 0 Å². The van der Waals surface area contributed by atoms with E-state index in [0.29, 0.717) is 13.1 Å². The molecule has 0 aliphatic rings. The number of unbranched alkanes of at least 4 members (excludes halogenated alkanes) is 2. The van der Waals surface area contributed by atoms with E-state index in [4.69, 9.17) is 4.74 Å². The molecule has 0 spiro atoms. The molecule has 0 saturated carbocycles. The number of rotatable bonds is 11. The van der Waals surface area contributed by atoms with Gasteiger partial charge in [-0.1, -0.05) is 56.0 Å². The Bertz CT molecular complexity index is 751. The van der Waals surface area contributed by atoms with E-state index in [1.165, 1.54) is 0 Å². The molecule has 1 rings (SSSR count). The van der Waals surface area contributed by atoms with Crippen LogP contribution in [0.4, 0.5) is 4.79 Å². The summed E-state index contributed by atoms with van der Waals surface area (Å²) < 4.78 is 5.24. The number of ether oxygens (including phenoxy) is 1. The van der Waals surface area contributed by atoms with E-state index in [1.54, 1.807) is 25.7 Å². The van der Waals surface area contributed by atoms with E-state index >= 15 is 0 Å². The van der Waals surface area contributed by atoms with Crippen molar-refractivity contribution in [1.82, 2.24) is 15.5 Å². The summed E-state index contributed by atoms with van der Waals surface area (Å²) in [5.41, 5.74) is 2.18. The Kier molecular flexibility index (Phi) is 11.2. The largest absolute Gasteiger partial charge is 0.444 e. The van der Waals surface area contributed by atoms with Crippen molar-refractivity contribution >= 4 is 17.9 Å². The van der Waals surface area contributed by atoms with Crippen LogP contribution < -0.4 is 10.6 Å². The van der Waals surface area contributed by atoms with Crippen molar-refractivity contribution in [2.45, 2.75) is 85.8 Å². The van der Waals surface area contributed by atoms with Gasteiger partial charge in [-0.3, -0.25) is 9.59 Å². The summed E-state index contributed by atoms with van der Waals surface area (Å²) >= 11 is 0. The molecule has 2 N–H and O–H groups in total. The fraction of sp³-hybridized carbons (Fsp3) is 0.640. The molecule has 7 heteroatoms. The molecule has 1 aromatic rings. The SMILES string of the molecule is CCCCNC(=O)C(c1cc(C)cc(C)c1)N(CCCC)C(=O)CNC(=O)OC(C)(C)C. The highest BCUT2D eigenvalue weighted by molar-refractivity contribution is 5.90. The third-order valence-electron chi connectivity index (χ3n) is 4.81. The highest BCUT2D eigenvalue weighted by Gasteiger charge is 2.31. The van der Waals surface area contributed by atoms with E-state index in [9.17, 15) is 14.4 Å². The molecular weight excluding hydrogens is 406 g/mol. The number of hydrogen-bond acceptors (Lipinski definition) is 4. The maximum atomic E-state index is 13.3. The normalized spacial score (nSPS) is 12.1. The first-order chi connectivity index (χ1) is 15.0. The molecule has 0 aliphatic heterocycles. The van der Waals surface area contributed by atoms with Crippen LogP contribution in [0.1, 0.15) is 83.0 Å². The number of aryl methyl sites for hydroxylation is 2. The van der Waals surface area contributed by atoms with Crippen molar-refractivity contribution in [2.75, 3.05) is 19.6 Å². The molecule has 0 aromatic heterocycles. The van der Waals surface area contributed by atoms with Crippen LogP contribution in [0.15, 0.2) is 18.2 Å². The van der Waals surface area contributed by atoms with Crippen LogP contribution in [-0.2, 0) is 14.3 Å². The molecule has 0 heterocycles. The lowest BCUT2D eigenvalue weighted by atomic mass is 9.98. The van der Waals surface area contributed by atoms with Crippen LogP contribution >= 0.6 is 0 Å². The van der Waals surface area contributed by atoms with Crippen LogP contribution in [0.3, 0.4) is 0 Å². The predicted octanol–water partition coefficient (Wildman–Crippen LogP) is 4.41. The molecule has 180 valence electrons. The van der Waals surface area contributed by atoms with Gasteiger partial charge in [-0.15, -0.1) is 0 Å². The first-order valence-electron chi connectivity index (χ1n) is 11.6. The number of benzene rings is 1. The topological polar surface area (TPSA) is 87.7 Å². The fourth-order valence-electron chi connectivity index (χ4n) is 3.42. The summed E-state index contributed by atoms with van der Waals surface area (Å²) in [6, 6.07) is 5.18. The molecule has 0 radical (unpaired) electrons. The van der Waals surface area contributed by atoms with Crippen molar-refractivity contribution in [3.63, 3.8) is 0 Å². The molecule has 1 unspecified atom stereocenters. The van der Waals surface area contributed by atoms with E-state index in [2.05, 4.69) is 17.6 Å². The van der Waals surface area contributed by atoms with Gasteiger partial charge < -0.3 is 20.3 Å². The number of nitrogens with zero attached hydrogens (tertiary/aromatic N) is 1. The van der Waals surface area contributed by atoms with Gasteiger partial charge in [0.05, 0.1) is 0 Å². The van der Waals surface area contributed by atoms with Gasteiger partial charge in [-0.2, -0.15) is 0 Å². The highest BCUT2D eigenvalue weighted by atomic mass is 16.6. The monoisotopic (exact) mass is 447 g/mol. The number of alkyl carbamates (subject to hydrolysis) is 1. The lowest BCUT2D eigenvalue weighted by Crippen LogP contribution is -2.48. The van der Waals surface area contributed by atoms with Gasteiger partial charge in [0, 0.05) is 13.1 Å². The zero-order valence-electron chi connectivity index (χ0n) is 20.8. The molecule has 32 heavy (non-hydrogen) atoms. The van der Waals surface area contributed by atoms with Crippen LogP contribution in [0.5, 0.6) is 0 Å². The summed E-state index contributed by atoms with van der Waals surface area (Å²) in [5.74, 6) is -0.524. The summed E-state index contributed by atoms with van der Waals surface area (Å²) in [5, 5.41) is 5.52. The fourth-order valence-corrected chi connectivity index (χ4v) is 3.42. The summed E-state index contributed by atoms with van der Waals surface area (Å²) in [6.07, 6.45) is 2.81. The lowest BCUT2D eigenvalue weighted by molar-refractivity contribution is -0.140. The first-order valence-corrected chi connectivity index (χ1v) is 11.6. The minimum atomic E-state index is -0.759. The van der Waals surface area contributed by atoms with Gasteiger partial charge in [0.2, 0.25) is 11.8 Å². The molecule has 7 nitrogen and oxygen atoms in total. The van der Waals surface area contributed by atoms with Gasteiger partial charge in [0.25, 0.3) is 0 Å². The van der Waals surface area contributed by atoms with E-state index < -0.39 is 17.7 Å². The molecule has 0 bridgehead atoms. The number of hydrogen-bond donors (Lipinski definition) is 2. The zero-order chi connectivity index (χ0) is 24.3.